The van der Waals surface area contributed by atoms with Gasteiger partial charge >= 0.3 is 5.97 Å². The first-order chi connectivity index (χ1) is 10.3. The number of carbonyl (C=O) groups is 3. The quantitative estimate of drug-likeness (QED) is 0.570. The van der Waals surface area contributed by atoms with Crippen LogP contribution < -0.4 is 16.4 Å². The van der Waals surface area contributed by atoms with Gasteiger partial charge in [-0.3, -0.25) is 9.59 Å². The lowest BCUT2D eigenvalue weighted by Gasteiger charge is -2.26. The highest BCUT2D eigenvalue weighted by molar-refractivity contribution is 5.88. The Morgan fingerprint density at radius 1 is 1.45 bits per heavy atom. The number of piperidine rings is 1. The Balaban J connectivity index is 2.66. The standard InChI is InChI=1S/C15H27N3O4/c1-9(2)7-11(16)14(20)18-12(15(21)22-3)8-10-5-4-6-17-13(10)19/h9-12H,4-8,16H2,1-3H3,(H,17,19)(H,18,20)/t10-,11-,12-/m0/s1. The second kappa shape index (κ2) is 8.73. The molecule has 1 saturated heterocycles. The van der Waals surface area contributed by atoms with Crippen LogP contribution in [0.5, 0.6) is 0 Å². The Morgan fingerprint density at radius 3 is 2.68 bits per heavy atom. The minimum absolute atomic E-state index is 0.0825. The molecule has 0 aromatic carbocycles. The van der Waals surface area contributed by atoms with Crippen molar-refractivity contribution in [2.24, 2.45) is 17.6 Å². The fourth-order valence-electron chi connectivity index (χ4n) is 2.59. The normalized spacial score (nSPS) is 21.0. The summed E-state index contributed by atoms with van der Waals surface area (Å²) in [6.07, 6.45) is 2.33. The Hall–Kier alpha value is -1.63. The third-order valence-corrected chi connectivity index (χ3v) is 3.78. The van der Waals surface area contributed by atoms with Crippen molar-refractivity contribution in [3.05, 3.63) is 0 Å². The van der Waals surface area contributed by atoms with E-state index in [1.807, 2.05) is 13.8 Å². The van der Waals surface area contributed by atoms with E-state index in [4.69, 9.17) is 10.5 Å². The van der Waals surface area contributed by atoms with Gasteiger partial charge in [-0.1, -0.05) is 13.8 Å². The van der Waals surface area contributed by atoms with Gasteiger partial charge in [-0.15, -0.1) is 0 Å². The average molecular weight is 313 g/mol. The first kappa shape index (κ1) is 18.4. The molecular formula is C15H27N3O4. The molecule has 0 spiro atoms. The maximum Gasteiger partial charge on any atom is 0.328 e. The SMILES string of the molecule is COC(=O)[C@H](C[C@@H]1CCCNC1=O)NC(=O)[C@@H](N)CC(C)C. The second-order valence-corrected chi connectivity index (χ2v) is 6.19. The summed E-state index contributed by atoms with van der Waals surface area (Å²) in [4.78, 5) is 35.8. The Labute approximate surface area is 131 Å². The van der Waals surface area contributed by atoms with E-state index in [1.54, 1.807) is 0 Å². The predicted molar refractivity (Wildman–Crippen MR) is 81.7 cm³/mol. The number of hydrogen-bond donors (Lipinski definition) is 3. The zero-order chi connectivity index (χ0) is 16.7. The molecule has 0 unspecified atom stereocenters. The van der Waals surface area contributed by atoms with E-state index in [9.17, 15) is 14.4 Å². The third kappa shape index (κ3) is 5.63. The van der Waals surface area contributed by atoms with E-state index < -0.39 is 18.1 Å². The summed E-state index contributed by atoms with van der Waals surface area (Å²) in [5, 5.41) is 5.39. The molecule has 1 aliphatic heterocycles. The highest BCUT2D eigenvalue weighted by Crippen LogP contribution is 2.18. The van der Waals surface area contributed by atoms with Gasteiger partial charge in [-0.2, -0.15) is 0 Å². The highest BCUT2D eigenvalue weighted by Gasteiger charge is 2.31. The molecule has 126 valence electrons. The topological polar surface area (TPSA) is 111 Å². The van der Waals surface area contributed by atoms with E-state index in [1.165, 1.54) is 7.11 Å². The summed E-state index contributed by atoms with van der Waals surface area (Å²) < 4.78 is 4.72. The Kier molecular flexibility index (Phi) is 7.31. The van der Waals surface area contributed by atoms with Gasteiger partial charge in [-0.25, -0.2) is 4.79 Å². The number of ether oxygens (including phenoxy) is 1. The number of nitrogens with one attached hydrogen (secondary N) is 2. The van der Waals surface area contributed by atoms with Crippen molar-refractivity contribution in [1.82, 2.24) is 10.6 Å². The molecule has 0 bridgehead atoms. The Morgan fingerprint density at radius 2 is 2.14 bits per heavy atom. The second-order valence-electron chi connectivity index (χ2n) is 6.19. The highest BCUT2D eigenvalue weighted by atomic mass is 16.5. The van der Waals surface area contributed by atoms with Crippen LogP contribution in [0.3, 0.4) is 0 Å². The fourth-order valence-corrected chi connectivity index (χ4v) is 2.59. The number of carbonyl (C=O) groups excluding carboxylic acids is 3. The van der Waals surface area contributed by atoms with E-state index in [0.717, 1.165) is 6.42 Å². The molecule has 2 amide bonds. The van der Waals surface area contributed by atoms with Crippen LogP contribution in [0.15, 0.2) is 0 Å². The van der Waals surface area contributed by atoms with Gasteiger partial charge in [0.25, 0.3) is 0 Å². The van der Waals surface area contributed by atoms with E-state index >= 15 is 0 Å². The molecule has 0 aliphatic carbocycles. The summed E-state index contributed by atoms with van der Waals surface area (Å²) in [5.74, 6) is -1.04. The van der Waals surface area contributed by atoms with Crippen LogP contribution in [-0.2, 0) is 19.1 Å². The molecule has 4 N–H and O–H groups in total. The van der Waals surface area contributed by atoms with E-state index in [2.05, 4.69) is 10.6 Å². The summed E-state index contributed by atoms with van der Waals surface area (Å²) >= 11 is 0. The number of nitrogens with two attached hydrogens (primary N) is 1. The van der Waals surface area contributed by atoms with Crippen LogP contribution in [0.25, 0.3) is 0 Å². The lowest BCUT2D eigenvalue weighted by Crippen LogP contribution is -2.51. The van der Waals surface area contributed by atoms with Crippen molar-refractivity contribution in [2.45, 2.75) is 51.6 Å². The molecule has 3 atom stereocenters. The first-order valence-corrected chi connectivity index (χ1v) is 7.76. The van der Waals surface area contributed by atoms with Crippen LogP contribution >= 0.6 is 0 Å². The van der Waals surface area contributed by atoms with Gasteiger partial charge in [-0.05, 0) is 31.6 Å². The molecule has 1 aliphatic rings. The van der Waals surface area contributed by atoms with Crippen molar-refractivity contribution >= 4 is 17.8 Å². The minimum atomic E-state index is -0.843. The van der Waals surface area contributed by atoms with Gasteiger partial charge in [0.15, 0.2) is 0 Å². The van der Waals surface area contributed by atoms with Crippen molar-refractivity contribution in [1.29, 1.82) is 0 Å². The molecule has 0 saturated carbocycles. The maximum atomic E-state index is 12.1. The molecule has 0 aromatic rings. The molecule has 7 heteroatoms. The van der Waals surface area contributed by atoms with Crippen LogP contribution in [0.2, 0.25) is 0 Å². The van der Waals surface area contributed by atoms with E-state index in [0.29, 0.717) is 19.4 Å². The molecular weight excluding hydrogens is 286 g/mol. The minimum Gasteiger partial charge on any atom is -0.467 e. The summed E-state index contributed by atoms with van der Waals surface area (Å²) in [6.45, 7) is 4.60. The summed E-state index contributed by atoms with van der Waals surface area (Å²) in [5.41, 5.74) is 5.83. The van der Waals surface area contributed by atoms with Crippen molar-refractivity contribution in [3.8, 4) is 0 Å². The fraction of sp³-hybridized carbons (Fsp3) is 0.800. The third-order valence-electron chi connectivity index (χ3n) is 3.78. The van der Waals surface area contributed by atoms with Crippen LogP contribution in [0.1, 0.15) is 39.5 Å². The van der Waals surface area contributed by atoms with Crippen molar-refractivity contribution < 1.29 is 19.1 Å². The Bertz CT molecular complexity index is 412. The monoisotopic (exact) mass is 313 g/mol. The largest absolute Gasteiger partial charge is 0.467 e. The number of hydrogen-bond acceptors (Lipinski definition) is 5. The molecule has 1 rings (SSSR count). The van der Waals surface area contributed by atoms with Gasteiger partial charge in [0.1, 0.15) is 6.04 Å². The molecule has 0 aromatic heterocycles. The van der Waals surface area contributed by atoms with E-state index in [-0.39, 0.29) is 30.1 Å². The molecule has 1 heterocycles. The molecule has 0 radical (unpaired) electrons. The van der Waals surface area contributed by atoms with Crippen molar-refractivity contribution in [3.63, 3.8) is 0 Å². The smallest absolute Gasteiger partial charge is 0.328 e. The number of rotatable bonds is 7. The van der Waals surface area contributed by atoms with Crippen LogP contribution in [0, 0.1) is 11.8 Å². The van der Waals surface area contributed by atoms with Gasteiger partial charge < -0.3 is 21.1 Å². The van der Waals surface area contributed by atoms with Crippen LogP contribution in [-0.4, -0.2) is 43.5 Å². The lowest BCUT2D eigenvalue weighted by molar-refractivity contribution is -0.146. The summed E-state index contributed by atoms with van der Waals surface area (Å²) in [7, 11) is 1.26. The number of methoxy groups -OCH3 is 1. The first-order valence-electron chi connectivity index (χ1n) is 7.76. The van der Waals surface area contributed by atoms with Crippen LogP contribution in [0.4, 0.5) is 0 Å². The maximum absolute atomic E-state index is 12.1. The number of amides is 2. The van der Waals surface area contributed by atoms with Gasteiger partial charge in [0.05, 0.1) is 13.2 Å². The number of esters is 1. The molecule has 1 fully saturated rings. The van der Waals surface area contributed by atoms with Gasteiger partial charge in [0.2, 0.25) is 11.8 Å². The molecule has 7 nitrogen and oxygen atoms in total. The zero-order valence-corrected chi connectivity index (χ0v) is 13.6. The zero-order valence-electron chi connectivity index (χ0n) is 13.6. The average Bonchev–Trinajstić information content (AvgIpc) is 2.47. The lowest BCUT2D eigenvalue weighted by atomic mass is 9.91. The summed E-state index contributed by atoms with van der Waals surface area (Å²) in [6, 6.07) is -1.52. The molecule has 22 heavy (non-hydrogen) atoms. The van der Waals surface area contributed by atoms with Crippen molar-refractivity contribution in [2.75, 3.05) is 13.7 Å². The van der Waals surface area contributed by atoms with Gasteiger partial charge in [0, 0.05) is 12.5 Å². The predicted octanol–water partition coefficient (Wildman–Crippen LogP) is -0.0661.